The SMILES string of the molecule is COc1cc(C2OC(c3ccc(C)nc3)=NN2C(C)=O)ccc1OC(=O)c1cc(OC)c(OC)c(OC)c1. The summed E-state index contributed by atoms with van der Waals surface area (Å²) in [5, 5.41) is 5.56. The number of aromatic nitrogens is 1. The summed E-state index contributed by atoms with van der Waals surface area (Å²) >= 11 is 0. The predicted molar refractivity (Wildman–Crippen MR) is 136 cm³/mol. The standard InChI is InChI=1S/C27H27N3O8/c1-15-7-8-18(14-28-15)25-29-30(16(2)31)26(38-25)17-9-10-20(21(11-17)33-3)37-27(32)19-12-22(34-4)24(36-6)23(13-19)35-5/h7-14,26H,1-6H3. The Morgan fingerprint density at radius 2 is 1.55 bits per heavy atom. The van der Waals surface area contributed by atoms with E-state index in [4.69, 9.17) is 28.4 Å². The number of pyridine rings is 1. The molecular formula is C27H27N3O8. The van der Waals surface area contributed by atoms with Crippen molar-refractivity contribution in [3.63, 3.8) is 0 Å². The lowest BCUT2D eigenvalue weighted by Gasteiger charge is -2.20. The molecule has 0 aliphatic carbocycles. The van der Waals surface area contributed by atoms with Crippen molar-refractivity contribution >= 4 is 17.8 Å². The van der Waals surface area contributed by atoms with Gasteiger partial charge in [-0.15, -0.1) is 5.10 Å². The maximum Gasteiger partial charge on any atom is 0.343 e. The van der Waals surface area contributed by atoms with Crippen LogP contribution < -0.4 is 23.7 Å². The third-order valence-corrected chi connectivity index (χ3v) is 5.70. The van der Waals surface area contributed by atoms with Crippen molar-refractivity contribution in [3.8, 4) is 28.7 Å². The second-order valence-corrected chi connectivity index (χ2v) is 8.14. The van der Waals surface area contributed by atoms with E-state index >= 15 is 0 Å². The molecule has 1 atom stereocenters. The third kappa shape index (κ3) is 5.17. The number of carbonyl (C=O) groups excluding carboxylic acids is 2. The van der Waals surface area contributed by atoms with Crippen LogP contribution in [-0.4, -0.2) is 56.2 Å². The molecule has 1 aliphatic heterocycles. The van der Waals surface area contributed by atoms with E-state index in [0.717, 1.165) is 5.69 Å². The number of aryl methyl sites for hydroxylation is 1. The lowest BCUT2D eigenvalue weighted by Crippen LogP contribution is -2.25. The minimum absolute atomic E-state index is 0.159. The Bertz CT molecular complexity index is 1360. The van der Waals surface area contributed by atoms with E-state index in [9.17, 15) is 9.59 Å². The van der Waals surface area contributed by atoms with E-state index in [1.807, 2.05) is 19.1 Å². The van der Waals surface area contributed by atoms with Gasteiger partial charge in [0.25, 0.3) is 0 Å². The molecule has 0 saturated carbocycles. The van der Waals surface area contributed by atoms with Gasteiger partial charge in [0, 0.05) is 24.4 Å². The molecule has 0 fully saturated rings. The van der Waals surface area contributed by atoms with Gasteiger partial charge in [0.2, 0.25) is 23.8 Å². The van der Waals surface area contributed by atoms with Gasteiger partial charge in [0.1, 0.15) is 0 Å². The van der Waals surface area contributed by atoms with E-state index in [1.165, 1.54) is 52.5 Å². The number of rotatable bonds is 8. The van der Waals surface area contributed by atoms with Crippen molar-refractivity contribution in [3.05, 3.63) is 71.0 Å². The molecule has 38 heavy (non-hydrogen) atoms. The monoisotopic (exact) mass is 521 g/mol. The van der Waals surface area contributed by atoms with E-state index in [2.05, 4.69) is 10.1 Å². The fraction of sp³-hybridized carbons (Fsp3) is 0.259. The number of ether oxygens (including phenoxy) is 6. The number of carbonyl (C=O) groups is 2. The Morgan fingerprint density at radius 3 is 2.11 bits per heavy atom. The largest absolute Gasteiger partial charge is 0.493 e. The van der Waals surface area contributed by atoms with Gasteiger partial charge >= 0.3 is 5.97 Å². The minimum Gasteiger partial charge on any atom is -0.493 e. The zero-order chi connectivity index (χ0) is 27.4. The first-order valence-corrected chi connectivity index (χ1v) is 11.5. The Balaban J connectivity index is 1.60. The highest BCUT2D eigenvalue weighted by atomic mass is 16.6. The van der Waals surface area contributed by atoms with Crippen LogP contribution in [0, 0.1) is 6.92 Å². The molecule has 11 heteroatoms. The quantitative estimate of drug-likeness (QED) is 0.321. The van der Waals surface area contributed by atoms with Crippen LogP contribution in [0.5, 0.6) is 28.7 Å². The van der Waals surface area contributed by atoms with Gasteiger partial charge in [-0.05, 0) is 49.4 Å². The van der Waals surface area contributed by atoms with Crippen LogP contribution in [0.4, 0.5) is 0 Å². The molecule has 0 radical (unpaired) electrons. The van der Waals surface area contributed by atoms with Crippen LogP contribution in [0.2, 0.25) is 0 Å². The Kier molecular flexibility index (Phi) is 7.66. The van der Waals surface area contributed by atoms with Gasteiger partial charge in [-0.25, -0.2) is 4.79 Å². The molecule has 1 aromatic heterocycles. The fourth-order valence-corrected chi connectivity index (χ4v) is 3.77. The van der Waals surface area contributed by atoms with Crippen molar-refractivity contribution in [2.75, 3.05) is 28.4 Å². The zero-order valence-electron chi connectivity index (χ0n) is 21.8. The number of nitrogens with zero attached hydrogens (tertiary/aromatic N) is 3. The molecule has 11 nitrogen and oxygen atoms in total. The Hall–Kier alpha value is -4.80. The van der Waals surface area contributed by atoms with E-state index in [1.54, 1.807) is 24.4 Å². The van der Waals surface area contributed by atoms with Crippen LogP contribution in [0.3, 0.4) is 0 Å². The number of amides is 1. The highest BCUT2D eigenvalue weighted by molar-refractivity contribution is 5.96. The molecule has 1 aliphatic rings. The number of benzene rings is 2. The van der Waals surface area contributed by atoms with Crippen molar-refractivity contribution < 1.29 is 38.0 Å². The lowest BCUT2D eigenvalue weighted by molar-refractivity contribution is -0.135. The molecule has 1 unspecified atom stereocenters. The number of hydrogen-bond donors (Lipinski definition) is 0. The molecule has 3 aromatic rings. The van der Waals surface area contributed by atoms with Crippen molar-refractivity contribution in [1.29, 1.82) is 0 Å². The maximum atomic E-state index is 13.0. The summed E-state index contributed by atoms with van der Waals surface area (Å²) in [7, 11) is 5.81. The summed E-state index contributed by atoms with van der Waals surface area (Å²) in [6.07, 6.45) is 0.777. The molecule has 0 N–H and O–H groups in total. The number of methoxy groups -OCH3 is 4. The molecule has 1 amide bonds. The fourth-order valence-electron chi connectivity index (χ4n) is 3.77. The molecule has 198 valence electrons. The highest BCUT2D eigenvalue weighted by Crippen LogP contribution is 2.39. The van der Waals surface area contributed by atoms with E-state index in [-0.39, 0.29) is 28.9 Å². The van der Waals surface area contributed by atoms with Gasteiger partial charge in [-0.1, -0.05) is 0 Å². The van der Waals surface area contributed by atoms with Crippen LogP contribution in [0.1, 0.15) is 40.3 Å². The highest BCUT2D eigenvalue weighted by Gasteiger charge is 2.34. The summed E-state index contributed by atoms with van der Waals surface area (Å²) in [6, 6.07) is 11.4. The Labute approximate surface area is 219 Å². The second kappa shape index (κ2) is 11.1. The summed E-state index contributed by atoms with van der Waals surface area (Å²) < 4.78 is 33.0. The van der Waals surface area contributed by atoms with Crippen molar-refractivity contribution in [2.24, 2.45) is 5.10 Å². The van der Waals surface area contributed by atoms with Gasteiger partial charge in [0.05, 0.1) is 39.6 Å². The average molecular weight is 522 g/mol. The second-order valence-electron chi connectivity index (χ2n) is 8.14. The summed E-state index contributed by atoms with van der Waals surface area (Å²) in [5.74, 6) is 0.647. The topological polar surface area (TPSA) is 118 Å². The molecule has 0 spiro atoms. The molecular weight excluding hydrogens is 494 g/mol. The first-order chi connectivity index (χ1) is 18.3. The number of hydrogen-bond acceptors (Lipinski definition) is 10. The predicted octanol–water partition coefficient (Wildman–Crippen LogP) is 3.88. The van der Waals surface area contributed by atoms with Gasteiger partial charge < -0.3 is 28.4 Å². The van der Waals surface area contributed by atoms with Gasteiger partial charge in [-0.3, -0.25) is 9.78 Å². The van der Waals surface area contributed by atoms with E-state index < -0.39 is 12.2 Å². The van der Waals surface area contributed by atoms with Crippen LogP contribution in [0.25, 0.3) is 0 Å². The molecule has 2 aromatic carbocycles. The summed E-state index contributed by atoms with van der Waals surface area (Å²) in [5.41, 5.74) is 2.21. The van der Waals surface area contributed by atoms with Crippen LogP contribution in [-0.2, 0) is 9.53 Å². The van der Waals surface area contributed by atoms with Crippen molar-refractivity contribution in [2.45, 2.75) is 20.1 Å². The molecule has 0 bridgehead atoms. The van der Waals surface area contributed by atoms with Crippen LogP contribution in [0.15, 0.2) is 53.8 Å². The smallest absolute Gasteiger partial charge is 0.343 e. The zero-order valence-corrected chi connectivity index (χ0v) is 21.8. The Morgan fingerprint density at radius 1 is 0.868 bits per heavy atom. The van der Waals surface area contributed by atoms with Gasteiger partial charge in [-0.2, -0.15) is 5.01 Å². The summed E-state index contributed by atoms with van der Waals surface area (Å²) in [4.78, 5) is 29.6. The molecule has 4 rings (SSSR count). The normalized spacial score (nSPS) is 14.3. The number of hydrazone groups is 1. The first kappa shape index (κ1) is 26.3. The van der Waals surface area contributed by atoms with Crippen molar-refractivity contribution in [1.82, 2.24) is 9.99 Å². The van der Waals surface area contributed by atoms with E-state index in [0.29, 0.717) is 28.4 Å². The average Bonchev–Trinajstić information content (AvgIpc) is 3.38. The molecule has 2 heterocycles. The maximum absolute atomic E-state index is 13.0. The lowest BCUT2D eigenvalue weighted by atomic mass is 10.1. The summed E-state index contributed by atoms with van der Waals surface area (Å²) in [6.45, 7) is 3.26. The van der Waals surface area contributed by atoms with Gasteiger partial charge in [0.15, 0.2) is 23.0 Å². The van der Waals surface area contributed by atoms with Crippen LogP contribution >= 0.6 is 0 Å². The third-order valence-electron chi connectivity index (χ3n) is 5.70. The number of esters is 1. The first-order valence-electron chi connectivity index (χ1n) is 11.5. The molecule has 0 saturated heterocycles. The minimum atomic E-state index is -0.849.